The zero-order valence-electron chi connectivity index (χ0n) is 13.5. The second-order valence-electron chi connectivity index (χ2n) is 5.67. The van der Waals surface area contributed by atoms with Crippen molar-refractivity contribution in [3.05, 3.63) is 23.0 Å². The highest BCUT2D eigenvalue weighted by Crippen LogP contribution is 2.30. The van der Waals surface area contributed by atoms with E-state index in [4.69, 9.17) is 9.88 Å². The van der Waals surface area contributed by atoms with Gasteiger partial charge in [-0.25, -0.2) is 13.6 Å². The number of esters is 1. The van der Waals surface area contributed by atoms with Crippen LogP contribution < -0.4 is 9.94 Å². The van der Waals surface area contributed by atoms with Crippen LogP contribution in [0.3, 0.4) is 0 Å². The van der Waals surface area contributed by atoms with Crippen LogP contribution in [-0.2, 0) is 30.9 Å². The van der Waals surface area contributed by atoms with Crippen molar-refractivity contribution in [2.24, 2.45) is 16.0 Å². The van der Waals surface area contributed by atoms with E-state index in [1.54, 1.807) is 17.6 Å². The second kappa shape index (κ2) is 6.70. The zero-order valence-corrected chi connectivity index (χ0v) is 15.1. The number of rotatable bonds is 5. The van der Waals surface area contributed by atoms with Crippen LogP contribution in [0.1, 0.15) is 19.8 Å². The molecular weight excluding hydrogens is 366 g/mol. The number of benzene rings is 1. The number of ether oxygens (including phenoxy) is 1. The second-order valence-corrected chi connectivity index (χ2v) is 8.25. The van der Waals surface area contributed by atoms with Gasteiger partial charge in [0.1, 0.15) is 6.54 Å². The number of nitrogens with two attached hydrogens (primary N) is 1. The van der Waals surface area contributed by atoms with Gasteiger partial charge in [0.25, 0.3) is 5.91 Å². The van der Waals surface area contributed by atoms with Crippen molar-refractivity contribution in [3.8, 4) is 0 Å². The number of aromatic nitrogens is 1. The molecule has 0 radical (unpaired) electrons. The topological polar surface area (TPSA) is 121 Å². The molecule has 2 aromatic rings. The Balaban J connectivity index is 2.14. The van der Waals surface area contributed by atoms with Crippen molar-refractivity contribution in [1.29, 1.82) is 0 Å². The Kier molecular flexibility index (Phi) is 4.76. The van der Waals surface area contributed by atoms with Crippen LogP contribution in [0.4, 0.5) is 0 Å². The van der Waals surface area contributed by atoms with Gasteiger partial charge >= 0.3 is 5.97 Å². The Morgan fingerprint density at radius 1 is 1.40 bits per heavy atom. The molecule has 1 aromatic carbocycles. The molecule has 1 amide bonds. The van der Waals surface area contributed by atoms with Crippen LogP contribution in [0.5, 0.6) is 0 Å². The summed E-state index contributed by atoms with van der Waals surface area (Å²) in [6.45, 7) is 1.83. The van der Waals surface area contributed by atoms with E-state index in [-0.39, 0.29) is 29.9 Å². The SMILES string of the molecule is CCOC(=O)Cn1c(=NC(=O)C2CC2)sc2cc(S(N)(=O)=O)ccc21. The van der Waals surface area contributed by atoms with Crippen molar-refractivity contribution >= 4 is 43.5 Å². The highest BCUT2D eigenvalue weighted by atomic mass is 32.2. The Labute approximate surface area is 148 Å². The third-order valence-corrected chi connectivity index (χ3v) is 5.66. The quantitative estimate of drug-likeness (QED) is 0.764. The van der Waals surface area contributed by atoms with E-state index in [1.807, 2.05) is 0 Å². The third kappa shape index (κ3) is 3.97. The Hall–Kier alpha value is -2.04. The van der Waals surface area contributed by atoms with Gasteiger partial charge in [0.2, 0.25) is 10.0 Å². The van der Waals surface area contributed by atoms with Crippen LogP contribution >= 0.6 is 11.3 Å². The van der Waals surface area contributed by atoms with E-state index in [2.05, 4.69) is 4.99 Å². The summed E-state index contributed by atoms with van der Waals surface area (Å²) >= 11 is 1.14. The minimum Gasteiger partial charge on any atom is -0.465 e. The van der Waals surface area contributed by atoms with Gasteiger partial charge in [-0.15, -0.1) is 0 Å². The average Bonchev–Trinajstić information content (AvgIpc) is 3.32. The van der Waals surface area contributed by atoms with E-state index in [0.717, 1.165) is 24.2 Å². The van der Waals surface area contributed by atoms with Gasteiger partial charge in [-0.2, -0.15) is 4.99 Å². The molecule has 1 fully saturated rings. The molecule has 10 heteroatoms. The molecule has 1 aliphatic carbocycles. The fraction of sp³-hybridized carbons (Fsp3) is 0.400. The fourth-order valence-electron chi connectivity index (χ4n) is 2.32. The lowest BCUT2D eigenvalue weighted by Crippen LogP contribution is -2.23. The summed E-state index contributed by atoms with van der Waals surface area (Å²) in [5.74, 6) is -0.741. The van der Waals surface area contributed by atoms with Gasteiger partial charge < -0.3 is 9.30 Å². The van der Waals surface area contributed by atoms with E-state index in [0.29, 0.717) is 15.0 Å². The molecule has 0 unspecified atom stereocenters. The molecule has 134 valence electrons. The molecule has 8 nitrogen and oxygen atoms in total. The number of sulfonamides is 1. The number of carbonyl (C=O) groups is 2. The molecule has 3 rings (SSSR count). The van der Waals surface area contributed by atoms with Crippen molar-refractivity contribution in [2.45, 2.75) is 31.2 Å². The standard InChI is InChI=1S/C15H17N3O5S2/c1-2-23-13(19)8-18-11-6-5-10(25(16,21)22)7-12(11)24-15(18)17-14(20)9-3-4-9/h5-7,9H,2-4,8H2,1H3,(H2,16,21,22). The maximum Gasteiger partial charge on any atom is 0.326 e. The van der Waals surface area contributed by atoms with Crippen molar-refractivity contribution in [1.82, 2.24) is 4.57 Å². The van der Waals surface area contributed by atoms with Gasteiger partial charge in [-0.1, -0.05) is 11.3 Å². The molecule has 0 aliphatic heterocycles. The minimum atomic E-state index is -3.85. The number of primary sulfonamides is 1. The fourth-order valence-corrected chi connectivity index (χ4v) is 4.01. The van der Waals surface area contributed by atoms with Gasteiger partial charge in [-0.05, 0) is 38.0 Å². The molecule has 1 saturated carbocycles. The first-order chi connectivity index (χ1) is 11.8. The number of amides is 1. The normalized spacial score (nSPS) is 15.5. The molecule has 0 saturated heterocycles. The maximum absolute atomic E-state index is 12.0. The van der Waals surface area contributed by atoms with Crippen LogP contribution in [0.25, 0.3) is 10.2 Å². The molecule has 0 bridgehead atoms. The summed E-state index contributed by atoms with van der Waals surface area (Å²) in [7, 11) is -3.85. The Morgan fingerprint density at radius 2 is 2.12 bits per heavy atom. The lowest BCUT2D eigenvalue weighted by atomic mass is 10.3. The predicted octanol–water partition coefficient (Wildman–Crippen LogP) is 0.751. The molecule has 1 aromatic heterocycles. The monoisotopic (exact) mass is 383 g/mol. The third-order valence-electron chi connectivity index (χ3n) is 3.71. The van der Waals surface area contributed by atoms with Crippen molar-refractivity contribution in [3.63, 3.8) is 0 Å². The summed E-state index contributed by atoms with van der Waals surface area (Å²) in [6.07, 6.45) is 1.64. The largest absolute Gasteiger partial charge is 0.465 e. The molecule has 1 heterocycles. The van der Waals surface area contributed by atoms with E-state index in [1.165, 1.54) is 12.1 Å². The van der Waals surface area contributed by atoms with Gasteiger partial charge in [0, 0.05) is 5.92 Å². The van der Waals surface area contributed by atoms with Gasteiger partial charge in [0.15, 0.2) is 4.80 Å². The summed E-state index contributed by atoms with van der Waals surface area (Å²) in [5.41, 5.74) is 0.591. The van der Waals surface area contributed by atoms with Crippen LogP contribution in [-0.4, -0.2) is 31.5 Å². The molecule has 25 heavy (non-hydrogen) atoms. The van der Waals surface area contributed by atoms with Crippen molar-refractivity contribution in [2.75, 3.05) is 6.61 Å². The molecule has 1 aliphatic rings. The number of thiazole rings is 1. The Bertz CT molecular complexity index is 1020. The number of nitrogens with zero attached hydrogens (tertiary/aromatic N) is 2. The first-order valence-electron chi connectivity index (χ1n) is 7.70. The summed E-state index contributed by atoms with van der Waals surface area (Å²) in [5, 5.41) is 5.16. The zero-order chi connectivity index (χ0) is 18.2. The maximum atomic E-state index is 12.0. The average molecular weight is 383 g/mol. The number of carbonyl (C=O) groups excluding carboxylic acids is 2. The minimum absolute atomic E-state index is 0.0374. The molecule has 0 spiro atoms. The lowest BCUT2D eigenvalue weighted by molar-refractivity contribution is -0.143. The van der Waals surface area contributed by atoms with Gasteiger partial charge in [0.05, 0.1) is 21.7 Å². The number of hydrogen-bond acceptors (Lipinski definition) is 6. The smallest absolute Gasteiger partial charge is 0.326 e. The van der Waals surface area contributed by atoms with Crippen LogP contribution in [0.15, 0.2) is 28.1 Å². The highest BCUT2D eigenvalue weighted by molar-refractivity contribution is 7.89. The molecule has 0 atom stereocenters. The first kappa shape index (κ1) is 17.8. The number of fused-ring (bicyclic) bond motifs is 1. The lowest BCUT2D eigenvalue weighted by Gasteiger charge is -2.05. The molecular formula is C15H17N3O5S2. The summed E-state index contributed by atoms with van der Waals surface area (Å²) in [6, 6.07) is 4.32. The first-order valence-corrected chi connectivity index (χ1v) is 10.1. The van der Waals surface area contributed by atoms with Crippen molar-refractivity contribution < 1.29 is 22.7 Å². The molecule has 2 N–H and O–H groups in total. The summed E-state index contributed by atoms with van der Waals surface area (Å²) in [4.78, 5) is 28.3. The van der Waals surface area contributed by atoms with Crippen LogP contribution in [0.2, 0.25) is 0 Å². The highest BCUT2D eigenvalue weighted by Gasteiger charge is 2.29. The van der Waals surface area contributed by atoms with Gasteiger partial charge in [-0.3, -0.25) is 9.59 Å². The van der Waals surface area contributed by atoms with Crippen LogP contribution in [0, 0.1) is 5.92 Å². The summed E-state index contributed by atoms with van der Waals surface area (Å²) < 4.78 is 30.2. The van der Waals surface area contributed by atoms with E-state index >= 15 is 0 Å². The Morgan fingerprint density at radius 3 is 2.72 bits per heavy atom. The van der Waals surface area contributed by atoms with E-state index < -0.39 is 16.0 Å². The number of hydrogen-bond donors (Lipinski definition) is 1. The van der Waals surface area contributed by atoms with E-state index in [9.17, 15) is 18.0 Å². The predicted molar refractivity (Wildman–Crippen MR) is 91.1 cm³/mol.